The number of hydrogen-bond acceptors (Lipinski definition) is 9. The van der Waals surface area contributed by atoms with Crippen molar-refractivity contribution in [1.29, 1.82) is 0 Å². The molecule has 11 heteroatoms. The molecule has 192 valence electrons. The predicted octanol–water partition coefficient (Wildman–Crippen LogP) is 1.63. The molecule has 1 N–H and O–H groups in total. The first-order valence-corrected chi connectivity index (χ1v) is 12.0. The summed E-state index contributed by atoms with van der Waals surface area (Å²) in [6.45, 7) is 8.44. The maximum Gasteiger partial charge on any atom is 0.460 e. The normalized spacial score (nSPS) is 14.2. The van der Waals surface area contributed by atoms with E-state index in [2.05, 4.69) is 15.3 Å². The third-order valence-corrected chi connectivity index (χ3v) is 5.73. The molecule has 36 heavy (non-hydrogen) atoms. The number of hydrogen-bond donors (Lipinski definition) is 1. The lowest BCUT2D eigenvalue weighted by Crippen LogP contribution is -2.44. The van der Waals surface area contributed by atoms with Gasteiger partial charge in [-0.3, -0.25) is 15.0 Å². The SMILES string of the molecule is CC(C)OC(=O)CCNc1n[n+]([O-])c2cc(-c3ccc(OCCN4CCOCC4)cc3)ccc2[n+]1[O-]. The fraction of sp³-hybridized carbons (Fsp3) is 0.440. The van der Waals surface area contributed by atoms with Crippen molar-refractivity contribution >= 4 is 23.0 Å². The fourth-order valence-corrected chi connectivity index (χ4v) is 3.89. The van der Waals surface area contributed by atoms with Crippen LogP contribution in [0.1, 0.15) is 20.3 Å². The molecule has 2 aromatic carbocycles. The molecule has 1 saturated heterocycles. The van der Waals surface area contributed by atoms with Crippen LogP contribution in [0, 0.1) is 10.4 Å². The first-order chi connectivity index (χ1) is 17.4. The van der Waals surface area contributed by atoms with E-state index in [1.807, 2.05) is 24.3 Å². The second-order valence-electron chi connectivity index (χ2n) is 8.74. The second-order valence-corrected chi connectivity index (χ2v) is 8.74. The number of benzene rings is 2. The number of esters is 1. The predicted molar refractivity (Wildman–Crippen MR) is 132 cm³/mol. The average Bonchev–Trinajstić information content (AvgIpc) is 2.87. The summed E-state index contributed by atoms with van der Waals surface area (Å²) in [5.74, 6) is 0.184. The smallest absolute Gasteiger partial charge is 0.460 e. The Morgan fingerprint density at radius 1 is 1.11 bits per heavy atom. The molecule has 11 nitrogen and oxygen atoms in total. The van der Waals surface area contributed by atoms with Crippen LogP contribution in [0.25, 0.3) is 22.2 Å². The van der Waals surface area contributed by atoms with E-state index in [4.69, 9.17) is 14.2 Å². The number of aromatic nitrogens is 3. The van der Waals surface area contributed by atoms with Crippen LogP contribution >= 0.6 is 0 Å². The number of morpholine rings is 1. The molecule has 1 aliphatic rings. The van der Waals surface area contributed by atoms with Crippen molar-refractivity contribution in [2.75, 3.05) is 51.3 Å². The Bertz CT molecular complexity index is 1180. The van der Waals surface area contributed by atoms with E-state index >= 15 is 0 Å². The molecule has 0 atom stereocenters. The lowest BCUT2D eigenvalue weighted by Gasteiger charge is -2.26. The summed E-state index contributed by atoms with van der Waals surface area (Å²) in [5.41, 5.74) is 1.95. The first-order valence-electron chi connectivity index (χ1n) is 12.0. The second kappa shape index (κ2) is 11.8. The van der Waals surface area contributed by atoms with E-state index in [0.29, 0.717) is 16.2 Å². The molecule has 1 aromatic heterocycles. The number of nitrogens with zero attached hydrogens (tertiary/aromatic N) is 4. The van der Waals surface area contributed by atoms with Gasteiger partial charge in [-0.2, -0.15) is 0 Å². The summed E-state index contributed by atoms with van der Waals surface area (Å²) in [6.07, 6.45) is -0.175. The van der Waals surface area contributed by atoms with Crippen LogP contribution in [-0.4, -0.2) is 68.1 Å². The van der Waals surface area contributed by atoms with Gasteiger partial charge in [0.1, 0.15) is 12.4 Å². The van der Waals surface area contributed by atoms with Crippen LogP contribution < -0.4 is 19.6 Å². The summed E-state index contributed by atoms with van der Waals surface area (Å²) >= 11 is 0. The molecule has 1 fully saturated rings. The molecule has 0 radical (unpaired) electrons. The number of rotatable bonds is 10. The maximum absolute atomic E-state index is 12.7. The van der Waals surface area contributed by atoms with E-state index in [0.717, 1.165) is 49.7 Å². The van der Waals surface area contributed by atoms with Crippen LogP contribution in [-0.2, 0) is 14.3 Å². The molecule has 0 bridgehead atoms. The third-order valence-electron chi connectivity index (χ3n) is 5.73. The first kappa shape index (κ1) is 25.4. The highest BCUT2D eigenvalue weighted by Gasteiger charge is 2.21. The Hall–Kier alpha value is -3.70. The number of ether oxygens (including phenoxy) is 3. The Morgan fingerprint density at radius 3 is 2.56 bits per heavy atom. The molecule has 2 heterocycles. The number of anilines is 1. The molecule has 0 saturated carbocycles. The zero-order valence-electron chi connectivity index (χ0n) is 20.5. The number of carbonyl (C=O) groups is 1. The van der Waals surface area contributed by atoms with Gasteiger partial charge in [0.25, 0.3) is 5.52 Å². The standard InChI is InChI=1S/C25H31N5O6/c1-18(2)36-24(31)9-10-26-25-27-30(33)23-17-20(5-8-22(23)29(25)32)19-3-6-21(7-4-19)35-16-13-28-11-14-34-15-12-28/h3-8,17-18H,9-16H2,1-2H3,(H,26,27). The highest BCUT2D eigenvalue weighted by Crippen LogP contribution is 2.24. The van der Waals surface area contributed by atoms with E-state index in [1.54, 1.807) is 32.0 Å². The van der Waals surface area contributed by atoms with Crippen molar-refractivity contribution in [1.82, 2.24) is 10.00 Å². The van der Waals surface area contributed by atoms with E-state index in [9.17, 15) is 15.2 Å². The van der Waals surface area contributed by atoms with Crippen molar-refractivity contribution in [3.8, 4) is 16.9 Å². The van der Waals surface area contributed by atoms with Gasteiger partial charge in [-0.05, 0) is 43.2 Å². The number of fused-ring (bicyclic) bond motifs is 1. The topological polar surface area (TPSA) is 127 Å². The van der Waals surface area contributed by atoms with Crippen LogP contribution in [0.3, 0.4) is 0 Å². The van der Waals surface area contributed by atoms with Crippen LogP contribution in [0.2, 0.25) is 0 Å². The van der Waals surface area contributed by atoms with Crippen molar-refractivity contribution in [3.63, 3.8) is 0 Å². The highest BCUT2D eigenvalue weighted by molar-refractivity contribution is 5.77. The molecular weight excluding hydrogens is 466 g/mol. The third kappa shape index (κ3) is 6.49. The molecule has 3 aromatic rings. The summed E-state index contributed by atoms with van der Waals surface area (Å²) in [7, 11) is 0. The maximum atomic E-state index is 12.7. The molecule has 0 spiro atoms. The molecule has 0 unspecified atom stereocenters. The van der Waals surface area contributed by atoms with Crippen LogP contribution in [0.4, 0.5) is 5.95 Å². The van der Waals surface area contributed by atoms with Gasteiger partial charge >= 0.3 is 11.9 Å². The van der Waals surface area contributed by atoms with Crippen molar-refractivity contribution in [2.24, 2.45) is 0 Å². The van der Waals surface area contributed by atoms with Gasteiger partial charge in [0.2, 0.25) is 5.10 Å². The Morgan fingerprint density at radius 2 is 1.83 bits per heavy atom. The lowest BCUT2D eigenvalue weighted by molar-refractivity contribution is -0.672. The van der Waals surface area contributed by atoms with Gasteiger partial charge in [0.15, 0.2) is 5.52 Å². The van der Waals surface area contributed by atoms with Gasteiger partial charge in [-0.1, -0.05) is 18.2 Å². The Kier molecular flexibility index (Phi) is 8.34. The molecule has 1 aliphatic heterocycles. The average molecular weight is 498 g/mol. The molecule has 0 aliphatic carbocycles. The minimum Gasteiger partial charge on any atom is -0.739 e. The largest absolute Gasteiger partial charge is 0.739 e. The zero-order valence-corrected chi connectivity index (χ0v) is 20.5. The van der Waals surface area contributed by atoms with Crippen molar-refractivity contribution in [2.45, 2.75) is 26.4 Å². The summed E-state index contributed by atoms with van der Waals surface area (Å²) in [4.78, 5) is 14.4. The minimum absolute atomic E-state index is 0.0443. The highest BCUT2D eigenvalue weighted by atomic mass is 16.5. The quantitative estimate of drug-likeness (QED) is 0.253. The van der Waals surface area contributed by atoms with Gasteiger partial charge in [0, 0.05) is 30.5 Å². The minimum atomic E-state index is -0.399. The van der Waals surface area contributed by atoms with Crippen LogP contribution in [0.15, 0.2) is 42.5 Å². The fourth-order valence-electron chi connectivity index (χ4n) is 3.89. The zero-order chi connectivity index (χ0) is 25.5. The Labute approximate surface area is 209 Å². The molecular formula is C25H31N5O6. The summed E-state index contributed by atoms with van der Waals surface area (Å²) < 4.78 is 16.8. The van der Waals surface area contributed by atoms with Gasteiger partial charge in [-0.25, -0.2) is 4.73 Å². The van der Waals surface area contributed by atoms with E-state index in [1.165, 1.54) is 0 Å². The number of nitrogens with one attached hydrogen (secondary N) is 1. The van der Waals surface area contributed by atoms with E-state index < -0.39 is 5.97 Å². The van der Waals surface area contributed by atoms with Gasteiger partial charge < -0.3 is 24.6 Å². The van der Waals surface area contributed by atoms with Crippen LogP contribution in [0.5, 0.6) is 5.75 Å². The monoisotopic (exact) mass is 497 g/mol. The Balaban J connectivity index is 1.40. The van der Waals surface area contributed by atoms with Gasteiger partial charge in [0.05, 0.1) is 32.3 Å². The molecule has 0 amide bonds. The van der Waals surface area contributed by atoms with E-state index in [-0.39, 0.29) is 36.1 Å². The van der Waals surface area contributed by atoms with Gasteiger partial charge in [-0.15, -0.1) is 0 Å². The summed E-state index contributed by atoms with van der Waals surface area (Å²) in [5, 5.41) is 31.8. The van der Waals surface area contributed by atoms with Crippen molar-refractivity contribution < 1.29 is 28.6 Å². The van der Waals surface area contributed by atoms with Crippen molar-refractivity contribution in [3.05, 3.63) is 52.9 Å². The number of carbonyl (C=O) groups excluding carboxylic acids is 1. The lowest BCUT2D eigenvalue weighted by atomic mass is 10.0. The summed E-state index contributed by atoms with van der Waals surface area (Å²) in [6, 6.07) is 12.6. The molecule has 4 rings (SSSR count).